The summed E-state index contributed by atoms with van der Waals surface area (Å²) in [4.78, 5) is 3.78. The molecule has 23 heavy (non-hydrogen) atoms. The van der Waals surface area contributed by atoms with Crippen LogP contribution >= 0.6 is 12.4 Å². The highest BCUT2D eigenvalue weighted by atomic mass is 35.5. The van der Waals surface area contributed by atoms with Crippen molar-refractivity contribution in [3.8, 4) is 0 Å². The Morgan fingerprint density at radius 3 is 1.91 bits per heavy atom. The van der Waals surface area contributed by atoms with Gasteiger partial charge in [0.2, 0.25) is 0 Å². The number of quaternary nitrogens is 1. The zero-order valence-corrected chi connectivity index (χ0v) is 15.3. The average molecular weight is 337 g/mol. The highest BCUT2D eigenvalue weighted by molar-refractivity contribution is 5.85. The maximum Gasteiger partial charge on any atom is 0.0798 e. The summed E-state index contributed by atoms with van der Waals surface area (Å²) < 4.78 is 0.914. The molecule has 0 saturated carbocycles. The lowest BCUT2D eigenvalue weighted by Gasteiger charge is -2.23. The molecule has 0 bridgehead atoms. The summed E-state index contributed by atoms with van der Waals surface area (Å²) in [6, 6.07) is 8.02. The molecule has 0 unspecified atom stereocenters. The van der Waals surface area contributed by atoms with E-state index in [0.29, 0.717) is 6.54 Å². The Balaban J connectivity index is 0. The largest absolute Gasteiger partial charge is 0.859 e. The summed E-state index contributed by atoms with van der Waals surface area (Å²) in [5.41, 5.74) is 2.27. The van der Waals surface area contributed by atoms with Crippen molar-refractivity contribution in [2.75, 3.05) is 34.2 Å². The minimum atomic E-state index is -0.212. The van der Waals surface area contributed by atoms with Crippen LogP contribution in [0.25, 0.3) is 12.2 Å². The molecule has 0 N–H and O–H groups in total. The predicted molar refractivity (Wildman–Crippen MR) is 104 cm³/mol. The van der Waals surface area contributed by atoms with Crippen LogP contribution in [0.4, 0.5) is 0 Å². The number of benzene rings is 1. The summed E-state index contributed by atoms with van der Waals surface area (Å²) in [7, 11) is 6.36. The monoisotopic (exact) mass is 336 g/mol. The first kappa shape index (κ1) is 23.4. The molecular formula is C19H29ClN2O. The summed E-state index contributed by atoms with van der Waals surface area (Å²) in [6.45, 7) is 12.4. The van der Waals surface area contributed by atoms with Gasteiger partial charge < -0.3 is 14.6 Å². The Morgan fingerprint density at radius 1 is 1.09 bits per heavy atom. The van der Waals surface area contributed by atoms with E-state index in [4.69, 9.17) is 0 Å². The van der Waals surface area contributed by atoms with Crippen molar-refractivity contribution in [1.29, 1.82) is 0 Å². The van der Waals surface area contributed by atoms with Gasteiger partial charge in [0, 0.05) is 13.0 Å². The van der Waals surface area contributed by atoms with Crippen LogP contribution in [0.15, 0.2) is 55.1 Å². The summed E-state index contributed by atoms with van der Waals surface area (Å²) in [6.07, 6.45) is 5.85. The fourth-order valence-electron chi connectivity index (χ4n) is 1.68. The van der Waals surface area contributed by atoms with Crippen LogP contribution in [0.3, 0.4) is 0 Å². The normalized spacial score (nSPS) is 10.7. The minimum Gasteiger partial charge on any atom is -0.859 e. The SMILES string of the molecule is C=CC([O-])=NCCC[N+](C)(C)C.C=Cc1ccccc1C=C.Cl. The molecule has 0 aliphatic rings. The highest BCUT2D eigenvalue weighted by Crippen LogP contribution is 2.10. The van der Waals surface area contributed by atoms with Gasteiger partial charge in [-0.1, -0.05) is 62.2 Å². The van der Waals surface area contributed by atoms with E-state index in [1.807, 2.05) is 36.4 Å². The number of hydrogen-bond donors (Lipinski definition) is 0. The van der Waals surface area contributed by atoms with Gasteiger partial charge in [-0.3, -0.25) is 0 Å². The quantitative estimate of drug-likeness (QED) is 0.325. The van der Waals surface area contributed by atoms with Gasteiger partial charge >= 0.3 is 0 Å². The van der Waals surface area contributed by atoms with Crippen molar-refractivity contribution >= 4 is 30.5 Å². The van der Waals surface area contributed by atoms with Crippen LogP contribution in [-0.4, -0.2) is 44.6 Å². The molecule has 1 aromatic carbocycles. The first-order chi connectivity index (χ1) is 10.3. The molecule has 3 nitrogen and oxygen atoms in total. The highest BCUT2D eigenvalue weighted by Gasteiger charge is 2.04. The molecule has 4 heteroatoms. The van der Waals surface area contributed by atoms with E-state index in [2.05, 4.69) is 45.9 Å². The van der Waals surface area contributed by atoms with Crippen LogP contribution in [0.5, 0.6) is 0 Å². The Kier molecular flexibility index (Phi) is 12.9. The number of nitrogens with zero attached hydrogens (tertiary/aromatic N) is 2. The van der Waals surface area contributed by atoms with Gasteiger partial charge in [0.1, 0.15) is 0 Å². The van der Waals surface area contributed by atoms with Gasteiger partial charge in [-0.05, 0) is 17.0 Å². The molecule has 128 valence electrons. The van der Waals surface area contributed by atoms with Crippen molar-refractivity contribution in [1.82, 2.24) is 0 Å². The average Bonchev–Trinajstić information content (AvgIpc) is 2.50. The fraction of sp³-hybridized carbons (Fsp3) is 0.316. The van der Waals surface area contributed by atoms with Gasteiger partial charge in [0.05, 0.1) is 27.7 Å². The van der Waals surface area contributed by atoms with Gasteiger partial charge in [0.15, 0.2) is 0 Å². The maximum atomic E-state index is 10.6. The van der Waals surface area contributed by atoms with E-state index in [-0.39, 0.29) is 18.3 Å². The fourth-order valence-corrected chi connectivity index (χ4v) is 1.68. The van der Waals surface area contributed by atoms with Crippen molar-refractivity contribution in [3.63, 3.8) is 0 Å². The lowest BCUT2D eigenvalue weighted by atomic mass is 10.1. The van der Waals surface area contributed by atoms with Gasteiger partial charge in [-0.25, -0.2) is 0 Å². The second-order valence-electron chi connectivity index (χ2n) is 5.83. The molecule has 1 aromatic rings. The maximum absolute atomic E-state index is 10.6. The summed E-state index contributed by atoms with van der Waals surface area (Å²) in [5, 5.41) is 10.6. The topological polar surface area (TPSA) is 35.4 Å². The van der Waals surface area contributed by atoms with Crippen LogP contribution < -0.4 is 5.11 Å². The van der Waals surface area contributed by atoms with Crippen molar-refractivity contribution < 1.29 is 9.59 Å². The Bertz CT molecular complexity index is 489. The molecule has 0 atom stereocenters. The number of halogens is 1. The third kappa shape index (κ3) is 12.4. The van der Waals surface area contributed by atoms with Crippen molar-refractivity contribution in [3.05, 3.63) is 61.2 Å². The third-order valence-corrected chi connectivity index (χ3v) is 2.87. The van der Waals surface area contributed by atoms with Crippen molar-refractivity contribution in [2.45, 2.75) is 6.42 Å². The molecule has 0 amide bonds. The van der Waals surface area contributed by atoms with E-state index < -0.39 is 0 Å². The van der Waals surface area contributed by atoms with E-state index in [1.165, 1.54) is 6.08 Å². The second-order valence-corrected chi connectivity index (χ2v) is 5.83. The van der Waals surface area contributed by atoms with Crippen molar-refractivity contribution in [2.24, 2.45) is 4.99 Å². The van der Waals surface area contributed by atoms with E-state index >= 15 is 0 Å². The lowest BCUT2D eigenvalue weighted by molar-refractivity contribution is -0.870. The molecule has 0 saturated heterocycles. The zero-order chi connectivity index (χ0) is 17.0. The molecule has 0 radical (unpaired) electrons. The zero-order valence-electron chi connectivity index (χ0n) is 14.5. The van der Waals surface area contributed by atoms with E-state index in [0.717, 1.165) is 28.6 Å². The predicted octanol–water partition coefficient (Wildman–Crippen LogP) is 3.42. The first-order valence-corrected chi connectivity index (χ1v) is 7.32. The number of rotatable bonds is 7. The summed E-state index contributed by atoms with van der Waals surface area (Å²) >= 11 is 0. The van der Waals surface area contributed by atoms with Crippen LogP contribution in [0.1, 0.15) is 17.5 Å². The van der Waals surface area contributed by atoms with Crippen LogP contribution in [-0.2, 0) is 0 Å². The molecule has 0 aliphatic heterocycles. The molecule has 0 spiro atoms. The third-order valence-electron chi connectivity index (χ3n) is 2.87. The Labute approximate surface area is 147 Å². The molecule has 0 heterocycles. The Hall–Kier alpha value is -1.84. The van der Waals surface area contributed by atoms with Gasteiger partial charge in [0.25, 0.3) is 0 Å². The number of aliphatic imine (C=N–C) groups is 1. The Morgan fingerprint density at radius 2 is 1.57 bits per heavy atom. The molecule has 1 rings (SSSR count). The minimum absolute atomic E-state index is 0. The van der Waals surface area contributed by atoms with Gasteiger partial charge in [-0.15, -0.1) is 12.4 Å². The first-order valence-electron chi connectivity index (χ1n) is 7.32. The number of hydrogen-bond acceptors (Lipinski definition) is 2. The lowest BCUT2D eigenvalue weighted by Crippen LogP contribution is -2.35. The summed E-state index contributed by atoms with van der Waals surface area (Å²) in [5.74, 6) is -0.212. The molecule has 0 aliphatic carbocycles. The second kappa shape index (κ2) is 12.7. The smallest absolute Gasteiger partial charge is 0.0798 e. The van der Waals surface area contributed by atoms with E-state index in [9.17, 15) is 5.11 Å². The van der Waals surface area contributed by atoms with Crippen LogP contribution in [0, 0.1) is 0 Å². The van der Waals surface area contributed by atoms with Crippen LogP contribution in [0.2, 0.25) is 0 Å². The molecular weight excluding hydrogens is 308 g/mol. The molecule has 0 aromatic heterocycles. The molecule has 0 fully saturated rings. The standard InChI is InChI=1S/C10H10.C9H18N2O.ClH/c1-3-9-7-5-6-8-10(9)4-2;1-5-9(12)10-7-6-8-11(2,3)4;/h3-8H,1-2H2;5H,1,6-8H2,2-4H3;1H. The van der Waals surface area contributed by atoms with Gasteiger partial charge in [-0.2, -0.15) is 0 Å². The van der Waals surface area contributed by atoms with E-state index in [1.54, 1.807) is 0 Å².